The van der Waals surface area contributed by atoms with Crippen LogP contribution in [0.2, 0.25) is 0 Å². The van der Waals surface area contributed by atoms with Crippen molar-refractivity contribution in [3.63, 3.8) is 0 Å². The Hall–Kier alpha value is -2.37. The lowest BCUT2D eigenvalue weighted by atomic mass is 10.1. The topological polar surface area (TPSA) is 81.6 Å². The summed E-state index contributed by atoms with van der Waals surface area (Å²) < 4.78 is 0. The summed E-state index contributed by atoms with van der Waals surface area (Å²) in [5.74, 6) is 0. The lowest BCUT2D eigenvalue weighted by Crippen LogP contribution is -2.35. The first-order chi connectivity index (χ1) is 10.7. The van der Waals surface area contributed by atoms with E-state index >= 15 is 0 Å². The van der Waals surface area contributed by atoms with Gasteiger partial charge in [-0.2, -0.15) is 0 Å². The van der Waals surface area contributed by atoms with Gasteiger partial charge in [0, 0.05) is 13.1 Å². The maximum atomic E-state index is 11.8. The summed E-state index contributed by atoms with van der Waals surface area (Å²) in [6.07, 6.45) is 0. The molecule has 2 amide bonds. The number of carbonyl (C=O) groups is 1. The maximum absolute atomic E-state index is 11.8. The van der Waals surface area contributed by atoms with Gasteiger partial charge in [0.25, 0.3) is 0 Å². The summed E-state index contributed by atoms with van der Waals surface area (Å²) in [4.78, 5) is 11.8. The van der Waals surface area contributed by atoms with Gasteiger partial charge in [0.05, 0.1) is 13.2 Å². The van der Waals surface area contributed by atoms with Crippen molar-refractivity contribution in [1.29, 1.82) is 0 Å². The Morgan fingerprint density at radius 2 is 1.09 bits per heavy atom. The van der Waals surface area contributed by atoms with Crippen LogP contribution in [0.4, 0.5) is 4.79 Å². The molecule has 0 aliphatic carbocycles. The Kier molecular flexibility index (Phi) is 5.94. The molecular weight excluding hydrogens is 280 g/mol. The molecule has 0 radical (unpaired) electrons. The molecule has 0 heterocycles. The minimum Gasteiger partial charge on any atom is -0.392 e. The number of nitrogens with one attached hydrogen (secondary N) is 2. The van der Waals surface area contributed by atoms with Gasteiger partial charge in [-0.05, 0) is 22.3 Å². The second-order valence-corrected chi connectivity index (χ2v) is 4.89. The fraction of sp³-hybridized carbons (Fsp3) is 0.235. The third-order valence-electron chi connectivity index (χ3n) is 3.46. The van der Waals surface area contributed by atoms with Crippen molar-refractivity contribution in [2.45, 2.75) is 26.3 Å². The lowest BCUT2D eigenvalue weighted by Gasteiger charge is -2.11. The quantitative estimate of drug-likeness (QED) is 0.655. The first-order valence-electron chi connectivity index (χ1n) is 7.11. The number of amides is 2. The SMILES string of the molecule is O=C(NCc1ccccc1CO)NCc1ccccc1CO. The van der Waals surface area contributed by atoms with E-state index in [0.717, 1.165) is 22.3 Å². The molecule has 2 rings (SSSR count). The van der Waals surface area contributed by atoms with E-state index in [1.807, 2.05) is 48.5 Å². The zero-order valence-electron chi connectivity index (χ0n) is 12.2. The lowest BCUT2D eigenvalue weighted by molar-refractivity contribution is 0.239. The second kappa shape index (κ2) is 8.17. The number of urea groups is 1. The number of rotatable bonds is 6. The van der Waals surface area contributed by atoms with Crippen molar-refractivity contribution in [3.8, 4) is 0 Å². The van der Waals surface area contributed by atoms with Crippen LogP contribution in [0.25, 0.3) is 0 Å². The summed E-state index contributed by atoms with van der Waals surface area (Å²) in [7, 11) is 0. The molecule has 0 fully saturated rings. The maximum Gasteiger partial charge on any atom is 0.315 e. The molecule has 0 atom stereocenters. The summed E-state index contributed by atoms with van der Waals surface area (Å²) in [5.41, 5.74) is 3.37. The van der Waals surface area contributed by atoms with Crippen molar-refractivity contribution in [2.75, 3.05) is 0 Å². The van der Waals surface area contributed by atoms with E-state index in [9.17, 15) is 15.0 Å². The molecule has 0 unspecified atom stereocenters. The number of benzene rings is 2. The smallest absolute Gasteiger partial charge is 0.315 e. The van der Waals surface area contributed by atoms with E-state index < -0.39 is 0 Å². The molecular formula is C17H20N2O3. The van der Waals surface area contributed by atoms with Gasteiger partial charge in [-0.25, -0.2) is 4.79 Å². The van der Waals surface area contributed by atoms with Gasteiger partial charge in [-0.1, -0.05) is 48.5 Å². The van der Waals surface area contributed by atoms with Gasteiger partial charge in [0.2, 0.25) is 0 Å². The van der Waals surface area contributed by atoms with E-state index in [2.05, 4.69) is 10.6 Å². The van der Waals surface area contributed by atoms with Crippen LogP contribution in [0, 0.1) is 0 Å². The third kappa shape index (κ3) is 4.31. The highest BCUT2D eigenvalue weighted by Gasteiger charge is 2.05. The van der Waals surface area contributed by atoms with E-state index in [0.29, 0.717) is 13.1 Å². The molecule has 22 heavy (non-hydrogen) atoms. The molecule has 5 heteroatoms. The Morgan fingerprint density at radius 3 is 1.45 bits per heavy atom. The number of aliphatic hydroxyl groups is 2. The Balaban J connectivity index is 1.86. The van der Waals surface area contributed by atoms with Crippen molar-refractivity contribution < 1.29 is 15.0 Å². The van der Waals surface area contributed by atoms with Crippen molar-refractivity contribution >= 4 is 6.03 Å². The standard InChI is InChI=1S/C17H20N2O3/c20-11-15-7-3-1-5-13(15)9-18-17(22)19-10-14-6-2-4-8-16(14)12-21/h1-8,20-21H,9-12H2,(H2,18,19,22). The summed E-state index contributed by atoms with van der Waals surface area (Å²) in [6, 6.07) is 14.5. The Labute approximate surface area is 129 Å². The van der Waals surface area contributed by atoms with E-state index in [1.165, 1.54) is 0 Å². The predicted octanol–water partition coefficient (Wildman–Crippen LogP) is 1.67. The van der Waals surface area contributed by atoms with E-state index in [4.69, 9.17) is 0 Å². The van der Waals surface area contributed by atoms with Crippen LogP contribution < -0.4 is 10.6 Å². The zero-order chi connectivity index (χ0) is 15.8. The summed E-state index contributed by atoms with van der Waals surface area (Å²) in [5, 5.41) is 24.0. The van der Waals surface area contributed by atoms with Gasteiger partial charge >= 0.3 is 6.03 Å². The van der Waals surface area contributed by atoms with Gasteiger partial charge in [-0.3, -0.25) is 0 Å². The molecule has 0 aliphatic rings. The molecule has 116 valence electrons. The zero-order valence-corrected chi connectivity index (χ0v) is 12.2. The fourth-order valence-corrected chi connectivity index (χ4v) is 2.18. The van der Waals surface area contributed by atoms with Crippen LogP contribution in [0.5, 0.6) is 0 Å². The first-order valence-corrected chi connectivity index (χ1v) is 7.11. The highest BCUT2D eigenvalue weighted by Crippen LogP contribution is 2.09. The molecule has 0 spiro atoms. The minimum atomic E-state index is -0.291. The van der Waals surface area contributed by atoms with Crippen LogP contribution in [0.3, 0.4) is 0 Å². The Morgan fingerprint density at radius 1 is 0.727 bits per heavy atom. The third-order valence-corrected chi connectivity index (χ3v) is 3.46. The highest BCUT2D eigenvalue weighted by molar-refractivity contribution is 5.73. The summed E-state index contributed by atoms with van der Waals surface area (Å²) >= 11 is 0. The molecule has 0 bridgehead atoms. The van der Waals surface area contributed by atoms with Crippen LogP contribution >= 0.6 is 0 Å². The van der Waals surface area contributed by atoms with Crippen molar-refractivity contribution in [3.05, 3.63) is 70.8 Å². The number of hydrogen-bond donors (Lipinski definition) is 4. The number of carbonyl (C=O) groups excluding carboxylic acids is 1. The molecule has 0 saturated heterocycles. The molecule has 2 aromatic rings. The van der Waals surface area contributed by atoms with E-state index in [-0.39, 0.29) is 19.2 Å². The van der Waals surface area contributed by atoms with Crippen LogP contribution in [-0.2, 0) is 26.3 Å². The first kappa shape index (κ1) is 16.0. The second-order valence-electron chi connectivity index (χ2n) is 4.89. The fourth-order valence-electron chi connectivity index (χ4n) is 2.18. The summed E-state index contributed by atoms with van der Waals surface area (Å²) in [6.45, 7) is 0.598. The molecule has 0 saturated carbocycles. The normalized spacial score (nSPS) is 10.3. The molecule has 0 aliphatic heterocycles. The van der Waals surface area contributed by atoms with Gasteiger partial charge < -0.3 is 20.8 Å². The monoisotopic (exact) mass is 300 g/mol. The van der Waals surface area contributed by atoms with Gasteiger partial charge in [0.15, 0.2) is 0 Å². The predicted molar refractivity (Wildman–Crippen MR) is 83.8 cm³/mol. The van der Waals surface area contributed by atoms with Gasteiger partial charge in [-0.15, -0.1) is 0 Å². The largest absolute Gasteiger partial charge is 0.392 e. The molecule has 0 aromatic heterocycles. The molecule has 4 N–H and O–H groups in total. The van der Waals surface area contributed by atoms with E-state index in [1.54, 1.807) is 0 Å². The number of hydrogen-bond acceptors (Lipinski definition) is 3. The number of aliphatic hydroxyl groups excluding tert-OH is 2. The average molecular weight is 300 g/mol. The molecule has 5 nitrogen and oxygen atoms in total. The van der Waals surface area contributed by atoms with Crippen molar-refractivity contribution in [1.82, 2.24) is 10.6 Å². The van der Waals surface area contributed by atoms with Crippen LogP contribution in [-0.4, -0.2) is 16.2 Å². The average Bonchev–Trinajstić information content (AvgIpc) is 2.58. The van der Waals surface area contributed by atoms with Crippen LogP contribution in [0.15, 0.2) is 48.5 Å². The Bertz CT molecular complexity index is 575. The highest BCUT2D eigenvalue weighted by atomic mass is 16.3. The van der Waals surface area contributed by atoms with Crippen LogP contribution in [0.1, 0.15) is 22.3 Å². The minimum absolute atomic E-state index is 0.0522. The molecule has 2 aromatic carbocycles. The van der Waals surface area contributed by atoms with Crippen molar-refractivity contribution in [2.24, 2.45) is 0 Å². The van der Waals surface area contributed by atoms with Gasteiger partial charge in [0.1, 0.15) is 0 Å².